The van der Waals surface area contributed by atoms with E-state index in [2.05, 4.69) is 88.1 Å². The molecule has 4 N–H and O–H groups in total. The number of phosphoric acid groups is 1. The van der Waals surface area contributed by atoms with Gasteiger partial charge in [0.2, 0.25) is 5.91 Å². The molecular formula is C34H54NO10P. The number of phosphoric ester groups is 1. The predicted octanol–water partition coefficient (Wildman–Crippen LogP) is 6.65. The number of allylic oxidation sites excluding steroid dienone is 12. The zero-order valence-corrected chi connectivity index (χ0v) is 28.2. The smallest absolute Gasteiger partial charge is 0.472 e. The highest BCUT2D eigenvalue weighted by atomic mass is 31.2. The second kappa shape index (κ2) is 29.3. The molecule has 11 nitrogen and oxygen atoms in total. The molecule has 3 atom stereocenters. The van der Waals surface area contributed by atoms with Gasteiger partial charge in [0.05, 0.1) is 13.2 Å². The number of carbonyl (C=O) groups excluding carboxylic acids is 2. The molecule has 0 rings (SSSR count). The van der Waals surface area contributed by atoms with Crippen molar-refractivity contribution in [2.24, 2.45) is 0 Å². The number of carbonyl (C=O) groups is 3. The quantitative estimate of drug-likeness (QED) is 0.0307. The monoisotopic (exact) mass is 667 g/mol. The number of unbranched alkanes of at least 4 members (excludes halogenated alkanes) is 2. The summed E-state index contributed by atoms with van der Waals surface area (Å²) in [7, 11) is -4.74. The molecule has 0 bridgehead atoms. The highest BCUT2D eigenvalue weighted by molar-refractivity contribution is 7.47. The number of carboxylic acids is 1. The van der Waals surface area contributed by atoms with E-state index in [4.69, 9.17) is 4.74 Å². The molecule has 1 amide bonds. The molecule has 12 heteroatoms. The molecule has 0 heterocycles. The average molecular weight is 668 g/mol. The Morgan fingerprint density at radius 3 is 1.72 bits per heavy atom. The number of hydrogen-bond acceptors (Lipinski definition) is 8. The Morgan fingerprint density at radius 2 is 1.22 bits per heavy atom. The van der Waals surface area contributed by atoms with Crippen molar-refractivity contribution in [2.75, 3.05) is 19.8 Å². The van der Waals surface area contributed by atoms with Gasteiger partial charge < -0.3 is 25.2 Å². The zero-order valence-electron chi connectivity index (χ0n) is 27.3. The van der Waals surface area contributed by atoms with Gasteiger partial charge in [-0.15, -0.1) is 0 Å². The zero-order chi connectivity index (χ0) is 34.3. The molecule has 0 aromatic rings. The van der Waals surface area contributed by atoms with Crippen LogP contribution in [0.2, 0.25) is 0 Å². The van der Waals surface area contributed by atoms with Crippen molar-refractivity contribution in [1.82, 2.24) is 5.32 Å². The van der Waals surface area contributed by atoms with E-state index in [9.17, 15) is 34.1 Å². The molecule has 0 aromatic carbocycles. The van der Waals surface area contributed by atoms with Crippen molar-refractivity contribution < 1.29 is 47.8 Å². The van der Waals surface area contributed by atoms with Crippen LogP contribution in [0.5, 0.6) is 0 Å². The van der Waals surface area contributed by atoms with Crippen molar-refractivity contribution in [2.45, 2.75) is 103 Å². The predicted molar refractivity (Wildman–Crippen MR) is 180 cm³/mol. The van der Waals surface area contributed by atoms with Crippen molar-refractivity contribution in [3.05, 3.63) is 72.9 Å². The Balaban J connectivity index is 4.06. The molecule has 0 fully saturated rings. The van der Waals surface area contributed by atoms with Gasteiger partial charge >= 0.3 is 19.8 Å². The van der Waals surface area contributed by atoms with E-state index in [1.807, 2.05) is 6.08 Å². The van der Waals surface area contributed by atoms with Crippen LogP contribution in [0.4, 0.5) is 0 Å². The van der Waals surface area contributed by atoms with E-state index in [-0.39, 0.29) is 12.8 Å². The molecule has 0 radical (unpaired) electrons. The maximum Gasteiger partial charge on any atom is 0.472 e. The molecule has 46 heavy (non-hydrogen) atoms. The highest BCUT2D eigenvalue weighted by Crippen LogP contribution is 2.43. The molecule has 0 aromatic heterocycles. The number of aliphatic hydroxyl groups is 1. The molecule has 0 spiro atoms. The van der Waals surface area contributed by atoms with Gasteiger partial charge in [0.15, 0.2) is 6.04 Å². The standard InChI is InChI=1S/C34H54NO10P/c1-3-5-6-7-8-9-10-11-12-13-14-15-16-17-18-19-20-21-22-23-24-26-32(37)35-31(34(39)40)29-45-46(41,42)44-28-30(36)27-43-33(38)25-4-2/h5-6,8-9,11-12,14-15,17-18,20-21,30-31,36H,3-4,7,10,13,16,19,22-29H2,1-2H3,(H,35,37)(H,39,40)(H,41,42)/b6-5-,9-8-,12-11-,15-14-,18-17-,21-20-. The summed E-state index contributed by atoms with van der Waals surface area (Å²) >= 11 is 0. The van der Waals surface area contributed by atoms with E-state index in [0.717, 1.165) is 51.4 Å². The van der Waals surface area contributed by atoms with Gasteiger partial charge in [-0.05, 0) is 64.2 Å². The molecule has 0 aliphatic carbocycles. The summed E-state index contributed by atoms with van der Waals surface area (Å²) in [5.41, 5.74) is 0. The third-order valence-corrected chi connectivity index (χ3v) is 6.93. The summed E-state index contributed by atoms with van der Waals surface area (Å²) in [6, 6.07) is -1.57. The van der Waals surface area contributed by atoms with Crippen LogP contribution in [0.15, 0.2) is 72.9 Å². The lowest BCUT2D eigenvalue weighted by molar-refractivity contribution is -0.147. The van der Waals surface area contributed by atoms with Gasteiger partial charge in [0.25, 0.3) is 0 Å². The number of amides is 1. The number of rotatable bonds is 28. The van der Waals surface area contributed by atoms with E-state index >= 15 is 0 Å². The number of aliphatic hydroxyl groups excluding tert-OH is 1. The lowest BCUT2D eigenvalue weighted by Gasteiger charge is -2.18. The molecular weight excluding hydrogens is 613 g/mol. The maximum atomic E-state index is 12.2. The largest absolute Gasteiger partial charge is 0.480 e. The maximum absolute atomic E-state index is 12.2. The summed E-state index contributed by atoms with van der Waals surface area (Å²) in [4.78, 5) is 44.7. The fourth-order valence-electron chi connectivity index (χ4n) is 3.53. The van der Waals surface area contributed by atoms with Crippen molar-refractivity contribution >= 4 is 25.7 Å². The Kier molecular flexibility index (Phi) is 27.4. The third-order valence-electron chi connectivity index (χ3n) is 5.98. The third kappa shape index (κ3) is 28.4. The summed E-state index contributed by atoms with van der Waals surface area (Å²) in [5.74, 6) is -2.51. The molecule has 0 aliphatic heterocycles. The minimum Gasteiger partial charge on any atom is -0.480 e. The van der Waals surface area contributed by atoms with Gasteiger partial charge in [-0.2, -0.15) is 0 Å². The number of carboxylic acid groups (broad SMARTS) is 1. The molecule has 3 unspecified atom stereocenters. The van der Waals surface area contributed by atoms with Crippen LogP contribution in [0.25, 0.3) is 0 Å². The number of esters is 1. The fraction of sp³-hybridized carbons (Fsp3) is 0.559. The first kappa shape index (κ1) is 42.9. The number of ether oxygens (including phenoxy) is 1. The van der Waals surface area contributed by atoms with Crippen molar-refractivity contribution in [3.63, 3.8) is 0 Å². The molecule has 260 valence electrons. The second-order valence-electron chi connectivity index (χ2n) is 10.3. The summed E-state index contributed by atoms with van der Waals surface area (Å²) < 4.78 is 26.1. The topological polar surface area (TPSA) is 169 Å². The van der Waals surface area contributed by atoms with Gasteiger partial charge in [0.1, 0.15) is 12.7 Å². The summed E-state index contributed by atoms with van der Waals surface area (Å²) in [6.07, 6.45) is 32.8. The molecule has 0 saturated carbocycles. The molecule has 0 aliphatic rings. The highest BCUT2D eigenvalue weighted by Gasteiger charge is 2.28. The minimum atomic E-state index is -4.74. The van der Waals surface area contributed by atoms with Crippen LogP contribution in [0, 0.1) is 0 Å². The number of aliphatic carboxylic acids is 1. The van der Waals surface area contributed by atoms with Crippen LogP contribution in [-0.4, -0.2) is 64.9 Å². The lowest BCUT2D eigenvalue weighted by atomic mass is 10.1. The second-order valence-corrected chi connectivity index (χ2v) is 11.7. The average Bonchev–Trinajstić information content (AvgIpc) is 3.01. The summed E-state index contributed by atoms with van der Waals surface area (Å²) in [6.45, 7) is 1.96. The molecule has 0 saturated heterocycles. The van der Waals surface area contributed by atoms with E-state index < -0.39 is 57.6 Å². The minimum absolute atomic E-state index is 0.0859. The van der Waals surface area contributed by atoms with Crippen molar-refractivity contribution in [1.29, 1.82) is 0 Å². The lowest BCUT2D eigenvalue weighted by Crippen LogP contribution is -2.43. The van der Waals surface area contributed by atoms with Crippen LogP contribution in [0.3, 0.4) is 0 Å². The van der Waals surface area contributed by atoms with E-state index in [1.54, 1.807) is 6.92 Å². The Bertz CT molecular complexity index is 1060. The first-order valence-corrected chi connectivity index (χ1v) is 17.5. The Hall–Kier alpha value is -3.08. The Labute approximate surface area is 274 Å². The van der Waals surface area contributed by atoms with Crippen LogP contribution in [0.1, 0.15) is 90.9 Å². The SMILES string of the molecule is CC/C=C\C/C=C\C/C=C\C/C=C\C/C=C\C/C=C\CCCCC(=O)NC(COP(=O)(O)OCC(O)COC(=O)CCC)C(=O)O. The van der Waals surface area contributed by atoms with Gasteiger partial charge in [0, 0.05) is 12.8 Å². The first-order valence-electron chi connectivity index (χ1n) is 16.0. The number of hydrogen-bond donors (Lipinski definition) is 4. The first-order chi connectivity index (χ1) is 22.1. The van der Waals surface area contributed by atoms with Crippen LogP contribution in [-0.2, 0) is 32.7 Å². The fourth-order valence-corrected chi connectivity index (χ4v) is 4.30. The Morgan fingerprint density at radius 1 is 0.717 bits per heavy atom. The van der Waals surface area contributed by atoms with Gasteiger partial charge in [-0.1, -0.05) is 86.8 Å². The van der Waals surface area contributed by atoms with E-state index in [0.29, 0.717) is 12.8 Å². The van der Waals surface area contributed by atoms with Gasteiger partial charge in [-0.3, -0.25) is 18.6 Å². The normalized spacial score (nSPS) is 15.0. The number of nitrogens with one attached hydrogen (secondary N) is 1. The van der Waals surface area contributed by atoms with Gasteiger partial charge in [-0.25, -0.2) is 9.36 Å². The summed E-state index contributed by atoms with van der Waals surface area (Å²) in [5, 5.41) is 21.3. The van der Waals surface area contributed by atoms with E-state index in [1.165, 1.54) is 0 Å². The van der Waals surface area contributed by atoms with Crippen LogP contribution >= 0.6 is 7.82 Å². The van der Waals surface area contributed by atoms with Crippen LogP contribution < -0.4 is 5.32 Å². The van der Waals surface area contributed by atoms with Crippen molar-refractivity contribution in [3.8, 4) is 0 Å².